The van der Waals surface area contributed by atoms with Crippen LogP contribution in [0.2, 0.25) is 0 Å². The number of esters is 3. The van der Waals surface area contributed by atoms with Gasteiger partial charge >= 0.3 is 25.5 Å². The van der Waals surface area contributed by atoms with E-state index in [0.717, 1.165) is 13.8 Å². The van der Waals surface area contributed by atoms with Gasteiger partial charge in [-0.2, -0.15) is 0 Å². The zero-order chi connectivity index (χ0) is 24.6. The van der Waals surface area contributed by atoms with Gasteiger partial charge in [-0.1, -0.05) is 18.2 Å². The van der Waals surface area contributed by atoms with E-state index in [4.69, 9.17) is 32.7 Å². The van der Waals surface area contributed by atoms with E-state index in [9.17, 15) is 18.9 Å². The van der Waals surface area contributed by atoms with E-state index in [0.29, 0.717) is 0 Å². The molecule has 0 bridgehead atoms. The first-order valence-electron chi connectivity index (χ1n) is 10.3. The molecule has 0 aromatic heterocycles. The lowest BCUT2D eigenvalue weighted by atomic mass is 9.99. The molecule has 1 aromatic carbocycles. The molecule has 0 radical (unpaired) electrons. The zero-order valence-electron chi connectivity index (χ0n) is 19.2. The summed E-state index contributed by atoms with van der Waals surface area (Å²) in [6, 6.07) is 8.05. The lowest BCUT2D eigenvalue weighted by molar-refractivity contribution is -0.226. The van der Waals surface area contributed by atoms with Crippen molar-refractivity contribution in [3.05, 3.63) is 35.9 Å². The molecule has 11 nitrogen and oxygen atoms in total. The van der Waals surface area contributed by atoms with Crippen LogP contribution in [0, 0.1) is 0 Å². The van der Waals surface area contributed by atoms with Crippen molar-refractivity contribution in [1.82, 2.24) is 0 Å². The summed E-state index contributed by atoms with van der Waals surface area (Å²) < 4.78 is 50.5. The highest BCUT2D eigenvalue weighted by Crippen LogP contribution is 2.49. The number of carbonyl (C=O) groups is 3. The van der Waals surface area contributed by atoms with Crippen molar-refractivity contribution in [2.75, 3.05) is 19.6 Å². The quantitative estimate of drug-likeness (QED) is 0.258. The molecule has 0 spiro atoms. The van der Waals surface area contributed by atoms with Crippen molar-refractivity contribution in [2.24, 2.45) is 0 Å². The minimum Gasteiger partial charge on any atom is -0.453 e. The van der Waals surface area contributed by atoms with Crippen molar-refractivity contribution in [1.29, 1.82) is 0 Å². The van der Waals surface area contributed by atoms with Crippen LogP contribution in [0.15, 0.2) is 30.3 Å². The van der Waals surface area contributed by atoms with Crippen LogP contribution in [-0.2, 0) is 46.9 Å². The van der Waals surface area contributed by atoms with Gasteiger partial charge < -0.3 is 32.7 Å². The second kappa shape index (κ2) is 11.7. The van der Waals surface area contributed by atoms with Gasteiger partial charge in [0.15, 0.2) is 12.5 Å². The number of ether oxygens (including phenoxy) is 5. The maximum absolute atomic E-state index is 12.8. The van der Waals surface area contributed by atoms with E-state index in [2.05, 4.69) is 0 Å². The van der Waals surface area contributed by atoms with Gasteiger partial charge in [0, 0.05) is 13.8 Å². The van der Waals surface area contributed by atoms with Crippen LogP contribution in [0.4, 0.5) is 0 Å². The summed E-state index contributed by atoms with van der Waals surface area (Å²) in [5.41, 5.74) is -1.58. The summed E-state index contributed by atoms with van der Waals surface area (Å²) in [5.74, 6) is -2.25. The highest BCUT2D eigenvalue weighted by atomic mass is 31.2. The van der Waals surface area contributed by atoms with Crippen molar-refractivity contribution < 1.29 is 51.7 Å². The summed E-state index contributed by atoms with van der Waals surface area (Å²) in [4.78, 5) is 36.3. The van der Waals surface area contributed by atoms with E-state index < -0.39 is 56.1 Å². The molecule has 0 amide bonds. The lowest BCUT2D eigenvalue weighted by Crippen LogP contribution is -2.52. The molecule has 1 saturated heterocycles. The highest BCUT2D eigenvalue weighted by Gasteiger charge is 2.62. The fraction of sp³-hybridized carbons (Fsp3) is 0.571. The van der Waals surface area contributed by atoms with Crippen molar-refractivity contribution in [3.8, 4) is 0 Å². The average Bonchev–Trinajstić information content (AvgIpc) is 2.98. The molecule has 1 aromatic rings. The second-order valence-electron chi connectivity index (χ2n) is 7.16. The van der Waals surface area contributed by atoms with Gasteiger partial charge in [0.05, 0.1) is 18.8 Å². The van der Waals surface area contributed by atoms with Crippen molar-refractivity contribution in [2.45, 2.75) is 58.9 Å². The largest absolute Gasteiger partial charge is 0.453 e. The number of hydrogen-bond acceptors (Lipinski definition) is 11. The number of hydrogen-bond donors (Lipinski definition) is 0. The summed E-state index contributed by atoms with van der Waals surface area (Å²) in [7, 11) is -3.66. The molecule has 4 atom stereocenters. The molecule has 184 valence electrons. The van der Waals surface area contributed by atoms with Crippen LogP contribution in [-0.4, -0.2) is 61.8 Å². The Hall–Kier alpha value is -2.30. The summed E-state index contributed by atoms with van der Waals surface area (Å²) in [6.07, 6.45) is -4.83. The summed E-state index contributed by atoms with van der Waals surface area (Å²) >= 11 is 0. The third kappa shape index (κ3) is 7.09. The second-order valence-corrected chi connectivity index (χ2v) is 9.15. The molecule has 2 rings (SSSR count). The van der Waals surface area contributed by atoms with Gasteiger partial charge in [0.1, 0.15) is 0 Å². The molecular weight excluding hydrogens is 459 g/mol. The molecule has 1 aliphatic rings. The van der Waals surface area contributed by atoms with E-state index in [1.165, 1.54) is 19.1 Å². The average molecular weight is 488 g/mol. The molecule has 33 heavy (non-hydrogen) atoms. The Labute approximate surface area is 192 Å². The SMILES string of the molecule is CCOP(=O)(CO[C@H]1O[C@@H](OC(C)=O)C(C)(OC(=O)c2ccccc2)C1OC(C)=O)OCC. The summed E-state index contributed by atoms with van der Waals surface area (Å²) in [5, 5.41) is 0. The Morgan fingerprint density at radius 3 is 2.09 bits per heavy atom. The minimum absolute atomic E-state index is 0.0992. The van der Waals surface area contributed by atoms with Gasteiger partial charge in [-0.25, -0.2) is 4.79 Å². The maximum Gasteiger partial charge on any atom is 0.356 e. The normalized spacial score (nSPS) is 24.8. The topological polar surface area (TPSA) is 133 Å². The van der Waals surface area contributed by atoms with Crippen LogP contribution in [0.5, 0.6) is 0 Å². The molecule has 1 fully saturated rings. The third-order valence-corrected chi connectivity index (χ3v) is 6.24. The number of benzene rings is 1. The van der Waals surface area contributed by atoms with Gasteiger partial charge in [0.25, 0.3) is 0 Å². The van der Waals surface area contributed by atoms with Crippen molar-refractivity contribution in [3.63, 3.8) is 0 Å². The lowest BCUT2D eigenvalue weighted by Gasteiger charge is -2.33. The van der Waals surface area contributed by atoms with Crippen LogP contribution in [0.3, 0.4) is 0 Å². The monoisotopic (exact) mass is 488 g/mol. The first kappa shape index (κ1) is 26.9. The van der Waals surface area contributed by atoms with Gasteiger partial charge in [-0.15, -0.1) is 0 Å². The number of carbonyl (C=O) groups excluding carboxylic acids is 3. The molecule has 0 aliphatic carbocycles. The minimum atomic E-state index is -3.66. The fourth-order valence-corrected chi connectivity index (χ4v) is 4.46. The van der Waals surface area contributed by atoms with Crippen LogP contribution in [0.25, 0.3) is 0 Å². The maximum atomic E-state index is 12.8. The van der Waals surface area contributed by atoms with Crippen LogP contribution in [0.1, 0.15) is 45.0 Å². The Morgan fingerprint density at radius 1 is 1.00 bits per heavy atom. The Kier molecular flexibility index (Phi) is 9.57. The highest BCUT2D eigenvalue weighted by molar-refractivity contribution is 7.53. The van der Waals surface area contributed by atoms with Gasteiger partial charge in [-0.3, -0.25) is 14.2 Å². The summed E-state index contributed by atoms with van der Waals surface area (Å²) in [6.45, 7) is 7.12. The zero-order valence-corrected chi connectivity index (χ0v) is 20.1. The van der Waals surface area contributed by atoms with Crippen molar-refractivity contribution >= 4 is 25.5 Å². The van der Waals surface area contributed by atoms with Crippen LogP contribution >= 0.6 is 7.60 Å². The molecule has 1 heterocycles. The molecule has 1 aliphatic heterocycles. The molecule has 2 unspecified atom stereocenters. The smallest absolute Gasteiger partial charge is 0.356 e. The Balaban J connectivity index is 2.35. The molecule has 0 saturated carbocycles. The van der Waals surface area contributed by atoms with E-state index in [1.807, 2.05) is 0 Å². The Morgan fingerprint density at radius 2 is 1.58 bits per heavy atom. The van der Waals surface area contributed by atoms with Gasteiger partial charge in [0.2, 0.25) is 18.2 Å². The van der Waals surface area contributed by atoms with E-state index >= 15 is 0 Å². The van der Waals surface area contributed by atoms with Gasteiger partial charge in [-0.05, 0) is 32.9 Å². The van der Waals surface area contributed by atoms with E-state index in [1.54, 1.807) is 32.0 Å². The van der Waals surface area contributed by atoms with Crippen LogP contribution < -0.4 is 0 Å². The molecule has 0 N–H and O–H groups in total. The Bertz CT molecular complexity index is 864. The molecule has 12 heteroatoms. The third-order valence-electron chi connectivity index (χ3n) is 4.47. The fourth-order valence-electron chi connectivity index (χ4n) is 3.12. The predicted molar refractivity (Wildman–Crippen MR) is 113 cm³/mol. The first-order valence-corrected chi connectivity index (χ1v) is 12.1. The standard InChI is InChI=1S/C21H29O11P/c1-6-27-33(25,28-7-2)13-26-19-17(29-14(3)22)21(5,20(31-19)30-15(4)23)32-18(24)16-11-9-8-10-12-16/h8-12,17,19-20H,6-7,13H2,1-5H3/t17?,19-,20+,21?/m0/s1. The molecular formula is C21H29O11P. The van der Waals surface area contributed by atoms with E-state index in [-0.39, 0.29) is 18.8 Å². The number of rotatable bonds is 11. The first-order chi connectivity index (χ1) is 15.5. The predicted octanol–water partition coefficient (Wildman–Crippen LogP) is 3.02.